The molecule has 0 atom stereocenters. The van der Waals surface area contributed by atoms with E-state index in [2.05, 4.69) is 10.3 Å². The van der Waals surface area contributed by atoms with Crippen LogP contribution < -0.4 is 5.32 Å². The van der Waals surface area contributed by atoms with Crippen molar-refractivity contribution in [1.29, 1.82) is 0 Å². The van der Waals surface area contributed by atoms with Crippen molar-refractivity contribution < 1.29 is 4.39 Å². The molecular weight excluding hydrogens is 191 g/mol. The fourth-order valence-electron chi connectivity index (χ4n) is 1.65. The van der Waals surface area contributed by atoms with Crippen LogP contribution in [0.4, 0.5) is 10.2 Å². The first-order valence-electron chi connectivity index (χ1n) is 5.01. The second kappa shape index (κ2) is 3.85. The van der Waals surface area contributed by atoms with Crippen molar-refractivity contribution in [2.45, 2.75) is 13.8 Å². The summed E-state index contributed by atoms with van der Waals surface area (Å²) in [5, 5.41) is 3.98. The number of fused-ring (bicyclic) bond motifs is 1. The molecular formula is C12H13FN2. The largest absolute Gasteiger partial charge is 0.370 e. The number of nitrogens with one attached hydrogen (secondary N) is 1. The molecule has 0 amide bonds. The van der Waals surface area contributed by atoms with Crippen molar-refractivity contribution in [3.05, 3.63) is 35.6 Å². The maximum absolute atomic E-state index is 13.1. The van der Waals surface area contributed by atoms with Crippen LogP contribution in [-0.4, -0.2) is 11.5 Å². The van der Waals surface area contributed by atoms with E-state index in [0.717, 1.165) is 28.8 Å². The number of aryl methyl sites for hydroxylation is 1. The van der Waals surface area contributed by atoms with E-state index in [4.69, 9.17) is 0 Å². The molecule has 2 rings (SSSR count). The predicted molar refractivity (Wildman–Crippen MR) is 60.6 cm³/mol. The van der Waals surface area contributed by atoms with Gasteiger partial charge in [0.15, 0.2) is 0 Å². The molecule has 0 fully saturated rings. The third-order valence-electron chi connectivity index (χ3n) is 2.31. The van der Waals surface area contributed by atoms with Gasteiger partial charge in [0.25, 0.3) is 0 Å². The van der Waals surface area contributed by atoms with Gasteiger partial charge in [-0.1, -0.05) is 0 Å². The van der Waals surface area contributed by atoms with Crippen molar-refractivity contribution in [2.24, 2.45) is 0 Å². The Bertz CT molecular complexity index is 494. The molecule has 15 heavy (non-hydrogen) atoms. The summed E-state index contributed by atoms with van der Waals surface area (Å²) in [6.07, 6.45) is 0. The number of rotatable bonds is 2. The Morgan fingerprint density at radius 2 is 2.13 bits per heavy atom. The van der Waals surface area contributed by atoms with Gasteiger partial charge in [-0.25, -0.2) is 9.37 Å². The Hall–Kier alpha value is -1.64. The second-order valence-corrected chi connectivity index (χ2v) is 3.52. The summed E-state index contributed by atoms with van der Waals surface area (Å²) in [7, 11) is 0. The summed E-state index contributed by atoms with van der Waals surface area (Å²) >= 11 is 0. The van der Waals surface area contributed by atoms with E-state index in [-0.39, 0.29) is 5.82 Å². The molecule has 0 bridgehead atoms. The maximum atomic E-state index is 13.1. The molecule has 0 unspecified atom stereocenters. The van der Waals surface area contributed by atoms with E-state index < -0.39 is 0 Å². The molecule has 3 heteroatoms. The molecule has 0 saturated heterocycles. The van der Waals surface area contributed by atoms with Gasteiger partial charge in [0.1, 0.15) is 11.6 Å². The molecule has 0 aliphatic carbocycles. The normalized spacial score (nSPS) is 10.6. The molecule has 78 valence electrons. The van der Waals surface area contributed by atoms with Crippen LogP contribution in [0.3, 0.4) is 0 Å². The second-order valence-electron chi connectivity index (χ2n) is 3.52. The smallest absolute Gasteiger partial charge is 0.126 e. The Morgan fingerprint density at radius 1 is 1.33 bits per heavy atom. The van der Waals surface area contributed by atoms with Gasteiger partial charge >= 0.3 is 0 Å². The lowest BCUT2D eigenvalue weighted by Gasteiger charge is -2.06. The first-order chi connectivity index (χ1) is 7.20. The molecule has 0 aliphatic rings. The molecule has 1 N–H and O–H groups in total. The topological polar surface area (TPSA) is 24.9 Å². The standard InChI is InChI=1S/C12H13FN2/c1-3-14-11-5-4-9-7-10(13)6-8(2)12(9)15-11/h4-7H,3H2,1-2H3,(H,14,15). The highest BCUT2D eigenvalue weighted by molar-refractivity contribution is 5.83. The summed E-state index contributed by atoms with van der Waals surface area (Å²) in [6, 6.07) is 6.76. The summed E-state index contributed by atoms with van der Waals surface area (Å²) < 4.78 is 13.1. The molecule has 0 saturated carbocycles. The zero-order chi connectivity index (χ0) is 10.8. The van der Waals surface area contributed by atoms with Crippen LogP contribution in [0, 0.1) is 12.7 Å². The van der Waals surface area contributed by atoms with E-state index in [1.807, 2.05) is 26.0 Å². The average Bonchev–Trinajstić information content (AvgIpc) is 2.19. The number of pyridine rings is 1. The fourth-order valence-corrected chi connectivity index (χ4v) is 1.65. The number of hydrogen-bond acceptors (Lipinski definition) is 2. The summed E-state index contributed by atoms with van der Waals surface area (Å²) in [5.74, 6) is 0.623. The number of hydrogen-bond donors (Lipinski definition) is 1. The number of anilines is 1. The predicted octanol–water partition coefficient (Wildman–Crippen LogP) is 3.11. The molecule has 2 nitrogen and oxygen atoms in total. The SMILES string of the molecule is CCNc1ccc2cc(F)cc(C)c2n1. The van der Waals surface area contributed by atoms with Crippen molar-refractivity contribution in [1.82, 2.24) is 4.98 Å². The van der Waals surface area contributed by atoms with Gasteiger partial charge in [-0.3, -0.25) is 0 Å². The van der Waals surface area contributed by atoms with Crippen molar-refractivity contribution in [2.75, 3.05) is 11.9 Å². The van der Waals surface area contributed by atoms with Crippen LogP contribution in [0.5, 0.6) is 0 Å². The lowest BCUT2D eigenvalue weighted by atomic mass is 10.1. The Balaban J connectivity index is 2.60. The molecule has 1 aromatic heterocycles. The van der Waals surface area contributed by atoms with Gasteiger partial charge in [-0.15, -0.1) is 0 Å². The van der Waals surface area contributed by atoms with Crippen LogP contribution >= 0.6 is 0 Å². The lowest BCUT2D eigenvalue weighted by molar-refractivity contribution is 0.628. The van der Waals surface area contributed by atoms with E-state index in [1.165, 1.54) is 12.1 Å². The van der Waals surface area contributed by atoms with Crippen LogP contribution in [-0.2, 0) is 0 Å². The molecule has 0 spiro atoms. The van der Waals surface area contributed by atoms with E-state index in [1.54, 1.807) is 0 Å². The minimum absolute atomic E-state index is 0.210. The quantitative estimate of drug-likeness (QED) is 0.813. The van der Waals surface area contributed by atoms with Gasteiger partial charge in [0.2, 0.25) is 0 Å². The molecule has 2 aromatic rings. The number of halogens is 1. The van der Waals surface area contributed by atoms with Gasteiger partial charge < -0.3 is 5.32 Å². The number of benzene rings is 1. The summed E-state index contributed by atoms with van der Waals surface area (Å²) in [6.45, 7) is 4.72. The maximum Gasteiger partial charge on any atom is 0.126 e. The Labute approximate surface area is 88.1 Å². The first kappa shape index (κ1) is 9.90. The lowest BCUT2D eigenvalue weighted by Crippen LogP contribution is -1.99. The highest BCUT2D eigenvalue weighted by Gasteiger charge is 2.03. The van der Waals surface area contributed by atoms with Crippen molar-refractivity contribution in [3.8, 4) is 0 Å². The molecule has 1 heterocycles. The van der Waals surface area contributed by atoms with Gasteiger partial charge in [-0.2, -0.15) is 0 Å². The molecule has 0 radical (unpaired) electrons. The van der Waals surface area contributed by atoms with E-state index in [9.17, 15) is 4.39 Å². The number of aromatic nitrogens is 1. The molecule has 1 aromatic carbocycles. The van der Waals surface area contributed by atoms with Crippen LogP contribution in [0.1, 0.15) is 12.5 Å². The zero-order valence-electron chi connectivity index (χ0n) is 8.84. The first-order valence-corrected chi connectivity index (χ1v) is 5.01. The zero-order valence-corrected chi connectivity index (χ0v) is 8.84. The minimum atomic E-state index is -0.210. The van der Waals surface area contributed by atoms with E-state index >= 15 is 0 Å². The Morgan fingerprint density at radius 3 is 2.87 bits per heavy atom. The van der Waals surface area contributed by atoms with Gasteiger partial charge in [0.05, 0.1) is 5.52 Å². The highest BCUT2D eigenvalue weighted by atomic mass is 19.1. The molecule has 0 aliphatic heterocycles. The fraction of sp³-hybridized carbons (Fsp3) is 0.250. The van der Waals surface area contributed by atoms with Crippen molar-refractivity contribution in [3.63, 3.8) is 0 Å². The Kier molecular flexibility index (Phi) is 2.54. The third kappa shape index (κ3) is 1.91. The third-order valence-corrected chi connectivity index (χ3v) is 2.31. The van der Waals surface area contributed by atoms with Crippen LogP contribution in [0.15, 0.2) is 24.3 Å². The van der Waals surface area contributed by atoms with Gasteiger partial charge in [0, 0.05) is 11.9 Å². The van der Waals surface area contributed by atoms with Crippen molar-refractivity contribution >= 4 is 16.7 Å². The minimum Gasteiger partial charge on any atom is -0.370 e. The summed E-state index contributed by atoms with van der Waals surface area (Å²) in [4.78, 5) is 4.43. The average molecular weight is 204 g/mol. The number of nitrogens with zero attached hydrogens (tertiary/aromatic N) is 1. The highest BCUT2D eigenvalue weighted by Crippen LogP contribution is 2.20. The van der Waals surface area contributed by atoms with Crippen LogP contribution in [0.2, 0.25) is 0 Å². The monoisotopic (exact) mass is 204 g/mol. The van der Waals surface area contributed by atoms with Crippen LogP contribution in [0.25, 0.3) is 10.9 Å². The van der Waals surface area contributed by atoms with Gasteiger partial charge in [-0.05, 0) is 43.7 Å². The summed E-state index contributed by atoms with van der Waals surface area (Å²) in [5.41, 5.74) is 1.72. The van der Waals surface area contributed by atoms with E-state index in [0.29, 0.717) is 0 Å².